The number of hydrogen-bond acceptors (Lipinski definition) is 3. The summed E-state index contributed by atoms with van der Waals surface area (Å²) in [5.74, 6) is 0. The molecule has 0 N–H and O–H groups in total. The van der Waals surface area contributed by atoms with Gasteiger partial charge in [0.05, 0.1) is 22.5 Å². The summed E-state index contributed by atoms with van der Waals surface area (Å²) >= 11 is 6.03. The number of fused-ring (bicyclic) bond motifs is 1. The van der Waals surface area contributed by atoms with Crippen molar-refractivity contribution in [3.05, 3.63) is 82.0 Å². The van der Waals surface area contributed by atoms with Crippen LogP contribution in [0.5, 0.6) is 0 Å². The highest BCUT2D eigenvalue weighted by Gasteiger charge is 2.13. The van der Waals surface area contributed by atoms with Crippen LogP contribution in [0.25, 0.3) is 22.4 Å². The summed E-state index contributed by atoms with van der Waals surface area (Å²) in [7, 11) is 0. The summed E-state index contributed by atoms with van der Waals surface area (Å²) in [6, 6.07) is 16.7. The van der Waals surface area contributed by atoms with E-state index < -0.39 is 0 Å². The molecule has 4 rings (SSSR count). The van der Waals surface area contributed by atoms with E-state index in [-0.39, 0.29) is 5.69 Å². The average Bonchev–Trinajstić information content (AvgIpc) is 2.91. The SMILES string of the molecule is Cc1nn(-c2ccccc2)c2nc(=O)n(-c3cccc(Cl)c3)cc12. The fourth-order valence-electron chi connectivity index (χ4n) is 2.67. The molecule has 0 aliphatic carbocycles. The third-order valence-corrected chi connectivity index (χ3v) is 4.07. The molecule has 6 heteroatoms. The maximum absolute atomic E-state index is 12.5. The number of nitrogens with zero attached hydrogens (tertiary/aromatic N) is 4. The maximum Gasteiger partial charge on any atom is 0.354 e. The molecule has 0 bridgehead atoms. The molecule has 0 aliphatic rings. The van der Waals surface area contributed by atoms with E-state index in [1.165, 1.54) is 4.57 Å². The summed E-state index contributed by atoms with van der Waals surface area (Å²) in [6.45, 7) is 1.90. The summed E-state index contributed by atoms with van der Waals surface area (Å²) in [6.07, 6.45) is 1.76. The van der Waals surface area contributed by atoms with Crippen molar-refractivity contribution in [1.29, 1.82) is 0 Å². The second-order valence-corrected chi connectivity index (χ2v) is 5.88. The Hall–Kier alpha value is -2.92. The molecule has 0 spiro atoms. The highest BCUT2D eigenvalue weighted by Crippen LogP contribution is 2.20. The van der Waals surface area contributed by atoms with Crippen molar-refractivity contribution in [2.45, 2.75) is 6.92 Å². The number of aromatic nitrogens is 4. The first-order chi connectivity index (χ1) is 11.6. The van der Waals surface area contributed by atoms with Crippen LogP contribution in [0, 0.1) is 6.92 Å². The standard InChI is InChI=1S/C18H13ClN4O/c1-12-16-11-22(15-9-5-6-13(19)10-15)18(24)20-17(16)23(21-12)14-7-3-2-4-8-14/h2-11H,1H3. The molecule has 0 amide bonds. The van der Waals surface area contributed by atoms with Crippen LogP contribution in [0.1, 0.15) is 5.69 Å². The third kappa shape index (κ3) is 2.39. The number of benzene rings is 2. The van der Waals surface area contributed by atoms with Crippen LogP contribution < -0.4 is 5.69 Å². The zero-order chi connectivity index (χ0) is 16.7. The second kappa shape index (κ2) is 5.62. The minimum absolute atomic E-state index is 0.373. The molecule has 2 heterocycles. The van der Waals surface area contributed by atoms with Gasteiger partial charge >= 0.3 is 5.69 Å². The van der Waals surface area contributed by atoms with Crippen molar-refractivity contribution in [2.24, 2.45) is 0 Å². The van der Waals surface area contributed by atoms with E-state index in [1.54, 1.807) is 29.1 Å². The lowest BCUT2D eigenvalue weighted by atomic mass is 10.3. The normalized spacial score (nSPS) is 11.1. The maximum atomic E-state index is 12.5. The van der Waals surface area contributed by atoms with Crippen molar-refractivity contribution in [2.75, 3.05) is 0 Å². The van der Waals surface area contributed by atoms with Crippen LogP contribution in [0.15, 0.2) is 65.6 Å². The minimum atomic E-state index is -0.373. The van der Waals surface area contributed by atoms with E-state index in [0.29, 0.717) is 16.4 Å². The number of aryl methyl sites for hydroxylation is 1. The van der Waals surface area contributed by atoms with E-state index in [4.69, 9.17) is 11.6 Å². The molecule has 0 atom stereocenters. The fourth-order valence-corrected chi connectivity index (χ4v) is 2.86. The lowest BCUT2D eigenvalue weighted by Crippen LogP contribution is -2.21. The minimum Gasteiger partial charge on any atom is -0.267 e. The lowest BCUT2D eigenvalue weighted by Gasteiger charge is -2.06. The van der Waals surface area contributed by atoms with Gasteiger partial charge in [0.15, 0.2) is 5.65 Å². The van der Waals surface area contributed by atoms with Gasteiger partial charge in [0.25, 0.3) is 0 Å². The molecule has 0 aliphatic heterocycles. The van der Waals surface area contributed by atoms with Crippen LogP contribution >= 0.6 is 11.6 Å². The molecule has 2 aromatic heterocycles. The molecule has 5 nitrogen and oxygen atoms in total. The molecule has 0 unspecified atom stereocenters. The van der Waals surface area contributed by atoms with E-state index in [0.717, 1.165) is 16.8 Å². The molecule has 0 fully saturated rings. The van der Waals surface area contributed by atoms with E-state index >= 15 is 0 Å². The molecular formula is C18H13ClN4O. The summed E-state index contributed by atoms with van der Waals surface area (Å²) < 4.78 is 3.17. The largest absolute Gasteiger partial charge is 0.354 e. The molecule has 24 heavy (non-hydrogen) atoms. The van der Waals surface area contributed by atoms with Crippen molar-refractivity contribution in [3.8, 4) is 11.4 Å². The number of rotatable bonds is 2. The fraction of sp³-hybridized carbons (Fsp3) is 0.0556. The predicted molar refractivity (Wildman–Crippen MR) is 94.2 cm³/mol. The zero-order valence-electron chi connectivity index (χ0n) is 12.8. The topological polar surface area (TPSA) is 52.7 Å². The Morgan fingerprint density at radius 2 is 1.75 bits per heavy atom. The van der Waals surface area contributed by atoms with Gasteiger partial charge in [-0.05, 0) is 37.3 Å². The highest BCUT2D eigenvalue weighted by atomic mass is 35.5. The van der Waals surface area contributed by atoms with Crippen molar-refractivity contribution >= 4 is 22.6 Å². The Morgan fingerprint density at radius 3 is 2.50 bits per heavy atom. The van der Waals surface area contributed by atoms with Crippen LogP contribution in [0.3, 0.4) is 0 Å². The van der Waals surface area contributed by atoms with Crippen molar-refractivity contribution < 1.29 is 0 Å². The van der Waals surface area contributed by atoms with Gasteiger partial charge < -0.3 is 0 Å². The van der Waals surface area contributed by atoms with Gasteiger partial charge in [-0.1, -0.05) is 35.9 Å². The summed E-state index contributed by atoms with van der Waals surface area (Å²) in [5, 5.41) is 5.91. The van der Waals surface area contributed by atoms with Crippen LogP contribution in [0.2, 0.25) is 5.02 Å². The molecule has 2 aromatic carbocycles. The Bertz CT molecular complexity index is 1100. The van der Waals surface area contributed by atoms with Crippen LogP contribution in [0.4, 0.5) is 0 Å². The zero-order valence-corrected chi connectivity index (χ0v) is 13.6. The monoisotopic (exact) mass is 336 g/mol. The van der Waals surface area contributed by atoms with E-state index in [1.807, 2.05) is 43.3 Å². The number of halogens is 1. The quantitative estimate of drug-likeness (QED) is 0.562. The van der Waals surface area contributed by atoms with Crippen molar-refractivity contribution in [1.82, 2.24) is 19.3 Å². The van der Waals surface area contributed by atoms with Gasteiger partial charge in [-0.15, -0.1) is 0 Å². The van der Waals surface area contributed by atoms with Gasteiger partial charge in [0, 0.05) is 11.2 Å². The molecule has 0 saturated carbocycles. The number of para-hydroxylation sites is 1. The lowest BCUT2D eigenvalue weighted by molar-refractivity contribution is 0.863. The van der Waals surface area contributed by atoms with Gasteiger partial charge in [-0.2, -0.15) is 10.1 Å². The van der Waals surface area contributed by atoms with Crippen molar-refractivity contribution in [3.63, 3.8) is 0 Å². The predicted octanol–water partition coefficient (Wildman–Crippen LogP) is 3.53. The first kappa shape index (κ1) is 14.7. The van der Waals surface area contributed by atoms with Crippen LogP contribution in [-0.4, -0.2) is 19.3 Å². The Balaban J connectivity index is 1.98. The van der Waals surface area contributed by atoms with E-state index in [2.05, 4.69) is 10.1 Å². The molecule has 118 valence electrons. The highest BCUT2D eigenvalue weighted by molar-refractivity contribution is 6.30. The van der Waals surface area contributed by atoms with Gasteiger partial charge in [0.2, 0.25) is 0 Å². The van der Waals surface area contributed by atoms with Gasteiger partial charge in [-0.25, -0.2) is 9.48 Å². The average molecular weight is 337 g/mol. The Kier molecular flexibility index (Phi) is 3.43. The number of hydrogen-bond donors (Lipinski definition) is 0. The first-order valence-electron chi connectivity index (χ1n) is 7.44. The Labute approximate surface area is 142 Å². The third-order valence-electron chi connectivity index (χ3n) is 3.83. The molecule has 4 aromatic rings. The summed E-state index contributed by atoms with van der Waals surface area (Å²) in [5.41, 5.74) is 2.51. The van der Waals surface area contributed by atoms with E-state index in [9.17, 15) is 4.79 Å². The Morgan fingerprint density at radius 1 is 1.00 bits per heavy atom. The van der Waals surface area contributed by atoms with Crippen LogP contribution in [-0.2, 0) is 0 Å². The van der Waals surface area contributed by atoms with Gasteiger partial charge in [0.1, 0.15) is 0 Å². The molecular weight excluding hydrogens is 324 g/mol. The second-order valence-electron chi connectivity index (χ2n) is 5.44. The smallest absolute Gasteiger partial charge is 0.267 e. The molecule has 0 radical (unpaired) electrons. The molecule has 0 saturated heterocycles. The first-order valence-corrected chi connectivity index (χ1v) is 7.82. The van der Waals surface area contributed by atoms with Gasteiger partial charge in [-0.3, -0.25) is 4.57 Å². The summed E-state index contributed by atoms with van der Waals surface area (Å²) in [4.78, 5) is 16.7.